The van der Waals surface area contributed by atoms with Crippen molar-refractivity contribution < 1.29 is 5.11 Å². The number of aliphatic hydroxyl groups is 1. The van der Waals surface area contributed by atoms with E-state index in [1.165, 1.54) is 12.8 Å². The minimum absolute atomic E-state index is 0.143. The van der Waals surface area contributed by atoms with Crippen LogP contribution in [-0.2, 0) is 6.42 Å². The van der Waals surface area contributed by atoms with E-state index < -0.39 is 0 Å². The zero-order chi connectivity index (χ0) is 13.2. The molecule has 0 radical (unpaired) electrons. The maximum atomic E-state index is 9.74. The molecule has 1 aromatic rings. The van der Waals surface area contributed by atoms with Gasteiger partial charge >= 0.3 is 0 Å². The molecule has 1 fully saturated rings. The Hall–Kier alpha value is -0.570. The first-order valence-corrected chi connectivity index (χ1v) is 7.02. The third-order valence-electron chi connectivity index (χ3n) is 3.96. The van der Waals surface area contributed by atoms with Crippen LogP contribution in [-0.4, -0.2) is 18.3 Å². The molecule has 1 saturated carbocycles. The van der Waals surface area contributed by atoms with Crippen LogP contribution in [0.5, 0.6) is 0 Å². The molecule has 0 spiro atoms. The van der Waals surface area contributed by atoms with Crippen LogP contribution in [0, 0.1) is 18.3 Å². The maximum absolute atomic E-state index is 9.74. The molecule has 1 aliphatic carbocycles. The minimum Gasteiger partial charge on any atom is -0.396 e. The number of halogens is 1. The predicted octanol–water partition coefficient (Wildman–Crippen LogP) is 2.93. The maximum Gasteiger partial charge on any atom is 0.0502 e. The molecule has 1 unspecified atom stereocenters. The summed E-state index contributed by atoms with van der Waals surface area (Å²) in [5, 5.41) is 10.5. The topological polar surface area (TPSA) is 46.2 Å². The second kappa shape index (κ2) is 5.60. The standard InChI is InChI=1S/C15H22ClNO/c1-11-2-5-13(14(16)6-11)8-15(9-17,10-18)7-12-3-4-12/h2,5-6,12,18H,3-4,7-10,17H2,1H3. The minimum atomic E-state index is -0.194. The summed E-state index contributed by atoms with van der Waals surface area (Å²) in [5.74, 6) is 0.755. The monoisotopic (exact) mass is 267 g/mol. The van der Waals surface area contributed by atoms with Crippen LogP contribution in [0.15, 0.2) is 18.2 Å². The molecule has 0 bridgehead atoms. The number of benzene rings is 1. The molecule has 1 aromatic carbocycles. The Bertz CT molecular complexity index is 411. The van der Waals surface area contributed by atoms with Crippen LogP contribution in [0.1, 0.15) is 30.4 Å². The zero-order valence-corrected chi connectivity index (χ0v) is 11.7. The molecule has 1 aliphatic rings. The van der Waals surface area contributed by atoms with Crippen molar-refractivity contribution in [2.24, 2.45) is 17.1 Å². The number of aryl methyl sites for hydroxylation is 1. The van der Waals surface area contributed by atoms with Gasteiger partial charge in [0.2, 0.25) is 0 Å². The summed E-state index contributed by atoms with van der Waals surface area (Å²) in [4.78, 5) is 0. The summed E-state index contributed by atoms with van der Waals surface area (Å²) in [6.45, 7) is 2.69. The van der Waals surface area contributed by atoms with Gasteiger partial charge in [-0.05, 0) is 42.9 Å². The fourth-order valence-electron chi connectivity index (χ4n) is 2.55. The van der Waals surface area contributed by atoms with E-state index in [0.717, 1.165) is 34.9 Å². The molecular formula is C15H22ClNO. The SMILES string of the molecule is Cc1ccc(CC(CN)(CO)CC2CC2)c(Cl)c1. The first kappa shape index (κ1) is 13.9. The van der Waals surface area contributed by atoms with Gasteiger partial charge in [-0.2, -0.15) is 0 Å². The van der Waals surface area contributed by atoms with Crippen molar-refractivity contribution >= 4 is 11.6 Å². The van der Waals surface area contributed by atoms with E-state index >= 15 is 0 Å². The molecule has 3 N–H and O–H groups in total. The van der Waals surface area contributed by atoms with E-state index in [1.807, 2.05) is 13.0 Å². The lowest BCUT2D eigenvalue weighted by Gasteiger charge is -2.31. The van der Waals surface area contributed by atoms with E-state index in [-0.39, 0.29) is 12.0 Å². The highest BCUT2D eigenvalue weighted by Gasteiger charge is 2.36. The Morgan fingerprint density at radius 3 is 2.67 bits per heavy atom. The molecule has 3 heteroatoms. The van der Waals surface area contributed by atoms with Gasteiger partial charge in [0.05, 0.1) is 6.61 Å². The van der Waals surface area contributed by atoms with E-state index in [2.05, 4.69) is 12.1 Å². The smallest absolute Gasteiger partial charge is 0.0502 e. The second-order valence-electron chi connectivity index (χ2n) is 5.78. The van der Waals surface area contributed by atoms with Crippen LogP contribution in [0.4, 0.5) is 0 Å². The summed E-state index contributed by atoms with van der Waals surface area (Å²) in [6, 6.07) is 6.11. The van der Waals surface area contributed by atoms with Gasteiger partial charge in [-0.15, -0.1) is 0 Å². The van der Waals surface area contributed by atoms with Crippen LogP contribution in [0.25, 0.3) is 0 Å². The van der Waals surface area contributed by atoms with Crippen molar-refractivity contribution in [3.8, 4) is 0 Å². The molecule has 100 valence electrons. The molecular weight excluding hydrogens is 246 g/mol. The Morgan fingerprint density at radius 1 is 1.44 bits per heavy atom. The number of nitrogens with two attached hydrogens (primary N) is 1. The lowest BCUT2D eigenvalue weighted by Crippen LogP contribution is -2.37. The van der Waals surface area contributed by atoms with E-state index in [1.54, 1.807) is 0 Å². The summed E-state index contributed by atoms with van der Waals surface area (Å²) in [5.41, 5.74) is 7.98. The Morgan fingerprint density at radius 2 is 2.17 bits per heavy atom. The van der Waals surface area contributed by atoms with Crippen molar-refractivity contribution in [3.05, 3.63) is 34.3 Å². The third-order valence-corrected chi connectivity index (χ3v) is 4.31. The lowest BCUT2D eigenvalue weighted by molar-refractivity contribution is 0.115. The summed E-state index contributed by atoms with van der Waals surface area (Å²) in [7, 11) is 0. The van der Waals surface area contributed by atoms with Crippen molar-refractivity contribution in [3.63, 3.8) is 0 Å². The largest absolute Gasteiger partial charge is 0.396 e. The molecule has 2 nitrogen and oxygen atoms in total. The quantitative estimate of drug-likeness (QED) is 0.833. The molecule has 0 aromatic heterocycles. The number of aliphatic hydroxyl groups excluding tert-OH is 1. The van der Waals surface area contributed by atoms with Gasteiger partial charge in [0.1, 0.15) is 0 Å². The van der Waals surface area contributed by atoms with Crippen LogP contribution < -0.4 is 5.73 Å². The number of hydrogen-bond acceptors (Lipinski definition) is 2. The molecule has 0 aliphatic heterocycles. The van der Waals surface area contributed by atoms with Gasteiger partial charge in [-0.1, -0.05) is 36.6 Å². The third kappa shape index (κ3) is 3.25. The highest BCUT2D eigenvalue weighted by molar-refractivity contribution is 6.31. The van der Waals surface area contributed by atoms with Crippen molar-refractivity contribution in [2.45, 2.75) is 32.6 Å². The highest BCUT2D eigenvalue weighted by atomic mass is 35.5. The van der Waals surface area contributed by atoms with E-state index in [0.29, 0.717) is 6.54 Å². The highest BCUT2D eigenvalue weighted by Crippen LogP contribution is 2.42. The molecule has 18 heavy (non-hydrogen) atoms. The molecule has 0 heterocycles. The normalized spacial score (nSPS) is 18.7. The molecule has 1 atom stereocenters. The van der Waals surface area contributed by atoms with E-state index in [9.17, 15) is 5.11 Å². The van der Waals surface area contributed by atoms with Gasteiger partial charge in [-0.3, -0.25) is 0 Å². The number of rotatable bonds is 6. The van der Waals surface area contributed by atoms with Gasteiger partial charge in [0.25, 0.3) is 0 Å². The van der Waals surface area contributed by atoms with Crippen molar-refractivity contribution in [1.29, 1.82) is 0 Å². The first-order chi connectivity index (χ1) is 8.58. The van der Waals surface area contributed by atoms with Crippen LogP contribution in [0.2, 0.25) is 5.02 Å². The van der Waals surface area contributed by atoms with Crippen molar-refractivity contribution in [2.75, 3.05) is 13.2 Å². The Kier molecular flexibility index (Phi) is 4.31. The van der Waals surface area contributed by atoms with E-state index in [4.69, 9.17) is 17.3 Å². The molecule has 2 rings (SSSR count). The average Bonchev–Trinajstić information content (AvgIpc) is 3.15. The summed E-state index contributed by atoms with van der Waals surface area (Å²) < 4.78 is 0. The Balaban J connectivity index is 2.16. The fourth-order valence-corrected chi connectivity index (χ4v) is 2.85. The van der Waals surface area contributed by atoms with Crippen LogP contribution in [0.3, 0.4) is 0 Å². The number of hydrogen-bond donors (Lipinski definition) is 2. The van der Waals surface area contributed by atoms with Gasteiger partial charge in [-0.25, -0.2) is 0 Å². The predicted molar refractivity (Wildman–Crippen MR) is 75.8 cm³/mol. The second-order valence-corrected chi connectivity index (χ2v) is 6.19. The lowest BCUT2D eigenvalue weighted by atomic mass is 9.77. The summed E-state index contributed by atoms with van der Waals surface area (Å²) in [6.07, 6.45) is 4.35. The molecule has 0 saturated heterocycles. The first-order valence-electron chi connectivity index (χ1n) is 6.64. The summed E-state index contributed by atoms with van der Waals surface area (Å²) >= 11 is 6.28. The van der Waals surface area contributed by atoms with Gasteiger partial charge < -0.3 is 10.8 Å². The zero-order valence-electron chi connectivity index (χ0n) is 11.0. The van der Waals surface area contributed by atoms with Crippen molar-refractivity contribution in [1.82, 2.24) is 0 Å². The average molecular weight is 268 g/mol. The van der Waals surface area contributed by atoms with Gasteiger partial charge in [0.15, 0.2) is 0 Å². The molecule has 0 amide bonds. The Labute approximate surface area is 114 Å². The van der Waals surface area contributed by atoms with Gasteiger partial charge in [0, 0.05) is 17.0 Å². The van der Waals surface area contributed by atoms with Crippen LogP contribution >= 0.6 is 11.6 Å². The fraction of sp³-hybridized carbons (Fsp3) is 0.600.